The molecule has 9 nitrogen and oxygen atoms in total. The molecule has 0 aliphatic carbocycles. The van der Waals surface area contributed by atoms with Gasteiger partial charge in [0, 0.05) is 24.4 Å². The lowest BCUT2D eigenvalue weighted by Crippen LogP contribution is -2.61. The summed E-state index contributed by atoms with van der Waals surface area (Å²) in [5, 5.41) is 9.04. The molecule has 152 valence electrons. The highest BCUT2D eigenvalue weighted by atomic mass is 35.5. The summed E-state index contributed by atoms with van der Waals surface area (Å²) < 4.78 is 17.7. The number of halogens is 1. The van der Waals surface area contributed by atoms with Gasteiger partial charge in [0.05, 0.1) is 5.69 Å². The number of nitrogens with zero attached hydrogens (tertiary/aromatic N) is 3. The fourth-order valence-electron chi connectivity index (χ4n) is 3.00. The Morgan fingerprint density at radius 2 is 1.87 bits per heavy atom. The maximum Gasteiger partial charge on any atom is 0.908 e. The van der Waals surface area contributed by atoms with E-state index in [4.69, 9.17) is 25.6 Å². The maximum absolute atomic E-state index is 12.7. The van der Waals surface area contributed by atoms with E-state index >= 15 is 0 Å². The van der Waals surface area contributed by atoms with Crippen LogP contribution < -0.4 is 5.43 Å². The standard InChI is InChI=1S/C19H16BClN4O5/c1-12-17(23-22-16-6-4-3-5-7-16)19(27)30-20(28-13(2)26)25(12)24-18(29-20)14-8-10-15(21)11-9-14/h3-11,22H,1-2H3/b23-17+. The number of anilines is 1. The number of carbonyl (C=O) groups is 2. The Bertz CT molecular complexity index is 1120. The van der Waals surface area contributed by atoms with Crippen molar-refractivity contribution in [1.82, 2.24) is 0 Å². The second-order valence-electron chi connectivity index (χ2n) is 6.52. The summed E-state index contributed by atoms with van der Waals surface area (Å²) in [6.07, 6.45) is 0. The first-order valence-corrected chi connectivity index (χ1v) is 9.38. The molecule has 0 saturated heterocycles. The molecule has 2 aliphatic rings. The molecule has 1 N–H and O–H groups in total. The minimum absolute atomic E-state index is 0.0341. The van der Waals surface area contributed by atoms with Gasteiger partial charge < -0.3 is 14.0 Å². The zero-order valence-corrected chi connectivity index (χ0v) is 16.8. The Labute approximate surface area is 176 Å². The normalized spacial score (nSPS) is 21.5. The monoisotopic (exact) mass is 426 g/mol. The number of rotatable bonds is 4. The van der Waals surface area contributed by atoms with Gasteiger partial charge in [0.25, 0.3) is 5.97 Å². The fraction of sp³-hybridized carbons (Fsp3) is 0.105. The molecule has 4 rings (SSSR count). The van der Waals surface area contributed by atoms with E-state index in [-0.39, 0.29) is 11.6 Å². The van der Waals surface area contributed by atoms with Crippen LogP contribution >= 0.6 is 11.6 Å². The predicted octanol–water partition coefficient (Wildman–Crippen LogP) is 2.53. The average molecular weight is 427 g/mol. The molecule has 0 aromatic heterocycles. The van der Waals surface area contributed by atoms with Crippen LogP contribution in [0.2, 0.25) is 5.02 Å². The molecule has 30 heavy (non-hydrogen) atoms. The third-order valence-electron chi connectivity index (χ3n) is 4.37. The van der Waals surface area contributed by atoms with Gasteiger partial charge in [0.1, 0.15) is 0 Å². The van der Waals surface area contributed by atoms with Gasteiger partial charge in [0.15, 0.2) is 5.71 Å². The smallest absolute Gasteiger partial charge is 0.563 e. The van der Waals surface area contributed by atoms with Crippen molar-refractivity contribution in [3.05, 3.63) is 65.2 Å². The lowest BCUT2D eigenvalue weighted by molar-refractivity contribution is -0.443. The van der Waals surface area contributed by atoms with Crippen LogP contribution in [0.15, 0.2) is 64.8 Å². The van der Waals surface area contributed by atoms with E-state index in [2.05, 4.69) is 15.6 Å². The third-order valence-corrected chi connectivity index (χ3v) is 4.62. The maximum atomic E-state index is 12.7. The van der Waals surface area contributed by atoms with E-state index in [0.29, 0.717) is 22.0 Å². The van der Waals surface area contributed by atoms with Gasteiger partial charge >= 0.3 is 12.9 Å². The highest BCUT2D eigenvalue weighted by molar-refractivity contribution is 6.74. The topological polar surface area (TPSA) is 102 Å². The summed E-state index contributed by atoms with van der Waals surface area (Å²) in [6.45, 7) is -0.217. The van der Waals surface area contributed by atoms with Crippen molar-refractivity contribution in [3.63, 3.8) is 0 Å². The van der Waals surface area contributed by atoms with Gasteiger partial charge in [-0.05, 0) is 41.5 Å². The highest BCUT2D eigenvalue weighted by Gasteiger charge is 2.66. The van der Waals surface area contributed by atoms with Crippen LogP contribution in [0, 0.1) is 0 Å². The van der Waals surface area contributed by atoms with Crippen molar-refractivity contribution in [2.75, 3.05) is 5.43 Å². The van der Waals surface area contributed by atoms with Gasteiger partial charge in [-0.3, -0.25) is 10.2 Å². The minimum atomic E-state index is -3.00. The summed E-state index contributed by atoms with van der Waals surface area (Å²) in [6, 6.07) is 15.8. The number of para-hydroxylation sites is 1. The molecule has 2 aromatic rings. The molecule has 1 unspecified atom stereocenters. The van der Waals surface area contributed by atoms with Crippen LogP contribution in [0.3, 0.4) is 0 Å². The van der Waals surface area contributed by atoms with Crippen LogP contribution in [0.1, 0.15) is 19.4 Å². The van der Waals surface area contributed by atoms with Crippen molar-refractivity contribution in [3.8, 4) is 0 Å². The minimum Gasteiger partial charge on any atom is -0.563 e. The Balaban J connectivity index is 1.76. The largest absolute Gasteiger partial charge is 0.908 e. The number of carbonyl (C=O) groups excluding carboxylic acids is 2. The molecule has 0 radical (unpaired) electrons. The van der Waals surface area contributed by atoms with Gasteiger partial charge in [0.2, 0.25) is 11.6 Å². The Kier molecular flexibility index (Phi) is 5.00. The molecule has 11 heteroatoms. The number of hydrogen-bond acceptors (Lipinski definition) is 8. The van der Waals surface area contributed by atoms with Crippen LogP contribution in [-0.2, 0) is 23.6 Å². The molecule has 2 aliphatic heterocycles. The molecular weight excluding hydrogens is 410 g/mol. The van der Waals surface area contributed by atoms with Crippen LogP contribution in [0.4, 0.5) is 5.69 Å². The molecule has 2 heterocycles. The predicted molar refractivity (Wildman–Crippen MR) is 111 cm³/mol. The molecule has 0 saturated carbocycles. The van der Waals surface area contributed by atoms with Crippen LogP contribution in [0.5, 0.6) is 0 Å². The first-order chi connectivity index (χ1) is 14.4. The van der Waals surface area contributed by atoms with Crippen LogP contribution in [-0.4, -0.2) is 40.7 Å². The zero-order chi connectivity index (χ0) is 21.3. The Morgan fingerprint density at radius 1 is 1.17 bits per heavy atom. The van der Waals surface area contributed by atoms with Crippen molar-refractivity contribution < 1.29 is 28.1 Å². The third kappa shape index (κ3) is 3.64. The quantitative estimate of drug-likeness (QED) is 0.595. The summed E-state index contributed by atoms with van der Waals surface area (Å²) in [5.41, 5.74) is 4.29. The van der Waals surface area contributed by atoms with E-state index in [9.17, 15) is 9.59 Å². The van der Waals surface area contributed by atoms with E-state index in [1.807, 2.05) is 18.2 Å². The zero-order valence-electron chi connectivity index (χ0n) is 16.0. The Morgan fingerprint density at radius 3 is 2.53 bits per heavy atom. The van der Waals surface area contributed by atoms with Crippen LogP contribution in [0.25, 0.3) is 0 Å². The first-order valence-electron chi connectivity index (χ1n) is 9.00. The highest BCUT2D eigenvalue weighted by Crippen LogP contribution is 2.27. The SMILES string of the molecule is CC(=O)O[B-]12OC(=O)/C(=N/Nc3ccccc3)C(C)=[N+]1N=C(c1ccc(Cl)cc1)O2. The summed E-state index contributed by atoms with van der Waals surface area (Å²) >= 11 is 5.93. The van der Waals surface area contributed by atoms with Gasteiger partial charge in [-0.15, -0.1) is 0 Å². The molecule has 2 aromatic carbocycles. The van der Waals surface area contributed by atoms with Gasteiger partial charge in [-0.2, -0.15) is 9.70 Å². The number of benzene rings is 2. The number of fused-ring (bicyclic) bond motifs is 1. The molecule has 0 fully saturated rings. The van der Waals surface area contributed by atoms with E-state index in [1.54, 1.807) is 43.3 Å². The lowest BCUT2D eigenvalue weighted by atomic mass is 9.93. The molecule has 0 amide bonds. The summed E-state index contributed by atoms with van der Waals surface area (Å²) in [7, 11) is 0. The van der Waals surface area contributed by atoms with Gasteiger partial charge in [-0.25, -0.2) is 4.79 Å². The van der Waals surface area contributed by atoms with E-state index in [1.165, 1.54) is 11.5 Å². The number of hydrogen-bond donors (Lipinski definition) is 1. The Hall–Kier alpha value is -3.66. The second kappa shape index (κ2) is 7.64. The summed E-state index contributed by atoms with van der Waals surface area (Å²) in [4.78, 5) is 24.4. The lowest BCUT2D eigenvalue weighted by Gasteiger charge is -2.30. The molecular formula is C19H16BClN4O5. The fourth-order valence-corrected chi connectivity index (χ4v) is 3.13. The number of hydrazone groups is 2. The van der Waals surface area contributed by atoms with E-state index < -0.39 is 18.8 Å². The van der Waals surface area contributed by atoms with Crippen molar-refractivity contribution in [1.29, 1.82) is 0 Å². The van der Waals surface area contributed by atoms with Gasteiger partial charge in [-0.1, -0.05) is 29.8 Å². The summed E-state index contributed by atoms with van der Waals surface area (Å²) in [5.74, 6) is -1.41. The van der Waals surface area contributed by atoms with Crippen molar-refractivity contribution in [2.45, 2.75) is 13.8 Å². The molecule has 0 spiro atoms. The average Bonchev–Trinajstić information content (AvgIpc) is 3.07. The first kappa shape index (κ1) is 19.7. The number of nitrogens with one attached hydrogen (secondary N) is 1. The van der Waals surface area contributed by atoms with Crippen molar-refractivity contribution >= 4 is 53.4 Å². The second-order valence-corrected chi connectivity index (χ2v) is 6.95. The van der Waals surface area contributed by atoms with Crippen molar-refractivity contribution in [2.24, 2.45) is 10.2 Å². The molecule has 0 bridgehead atoms. The molecule has 1 atom stereocenters. The van der Waals surface area contributed by atoms with E-state index in [0.717, 1.165) is 0 Å².